The lowest BCUT2D eigenvalue weighted by Gasteiger charge is -2.33. The Kier molecular flexibility index (Phi) is 8.99. The SMILES string of the molecule is CC(Nc1cc(CNC(=O)[N+]2(S(=O)(=O)c3ccc(F)cc3)CCC[C@H]2C)cc(-c2ccc(C(F)(F)F)cc2)n1)c1ccccc1. The molecule has 0 saturated carbocycles. The van der Waals surface area contributed by atoms with Crippen LogP contribution in [0.25, 0.3) is 11.3 Å². The Balaban J connectivity index is 1.46. The van der Waals surface area contributed by atoms with Gasteiger partial charge in [-0.3, -0.25) is 0 Å². The minimum Gasteiger partial charge on any atom is -0.364 e. The van der Waals surface area contributed by atoms with E-state index in [9.17, 15) is 30.8 Å². The van der Waals surface area contributed by atoms with E-state index in [0.717, 1.165) is 42.0 Å². The molecule has 236 valence electrons. The molecule has 1 aliphatic rings. The molecule has 0 bridgehead atoms. The summed E-state index contributed by atoms with van der Waals surface area (Å²) in [7, 11) is -4.25. The van der Waals surface area contributed by atoms with Gasteiger partial charge < -0.3 is 10.6 Å². The smallest absolute Gasteiger partial charge is 0.364 e. The number of amides is 2. The van der Waals surface area contributed by atoms with Gasteiger partial charge in [0.2, 0.25) is 0 Å². The van der Waals surface area contributed by atoms with Crippen LogP contribution in [0, 0.1) is 5.82 Å². The van der Waals surface area contributed by atoms with Crippen LogP contribution in [-0.2, 0) is 22.7 Å². The fourth-order valence-corrected chi connectivity index (χ4v) is 7.80. The molecule has 2 heterocycles. The first-order valence-electron chi connectivity index (χ1n) is 14.5. The van der Waals surface area contributed by atoms with Crippen molar-refractivity contribution in [2.24, 2.45) is 0 Å². The van der Waals surface area contributed by atoms with Crippen LogP contribution in [0.5, 0.6) is 0 Å². The number of benzene rings is 3. The first-order valence-corrected chi connectivity index (χ1v) is 15.9. The zero-order valence-electron chi connectivity index (χ0n) is 24.7. The third-order valence-corrected chi connectivity index (χ3v) is 10.6. The van der Waals surface area contributed by atoms with Crippen molar-refractivity contribution in [1.29, 1.82) is 0 Å². The van der Waals surface area contributed by atoms with E-state index in [1.54, 1.807) is 19.1 Å². The number of pyridine rings is 1. The standard InChI is InChI=1S/C33H32F4N4O3S/c1-22-7-6-18-41(22,45(43,44)29-16-14-28(34)15-17-29)32(42)38-21-24-19-30(26-10-12-27(13-11-26)33(35,36)37)40-31(20-24)39-23(2)25-8-4-3-5-9-25/h3-5,8-17,19-20,22-23H,6-7,18,21H2,1-2H3,(H-,38,39,40,42)/p+1/t22-,23?,41?/m1/s1. The molecule has 2 amide bonds. The van der Waals surface area contributed by atoms with Crippen molar-refractivity contribution >= 4 is 21.9 Å². The summed E-state index contributed by atoms with van der Waals surface area (Å²) in [6, 6.07) is 20.5. The molecule has 1 aliphatic heterocycles. The number of hydrogen-bond acceptors (Lipinski definition) is 5. The van der Waals surface area contributed by atoms with Crippen molar-refractivity contribution < 1.29 is 34.7 Å². The summed E-state index contributed by atoms with van der Waals surface area (Å²) >= 11 is 0. The maximum Gasteiger partial charge on any atom is 0.432 e. The van der Waals surface area contributed by atoms with Gasteiger partial charge >= 0.3 is 22.2 Å². The van der Waals surface area contributed by atoms with Crippen molar-refractivity contribution in [2.45, 2.75) is 56.4 Å². The Morgan fingerprint density at radius 1 is 1.00 bits per heavy atom. The lowest BCUT2D eigenvalue weighted by atomic mass is 10.1. The Labute approximate surface area is 259 Å². The van der Waals surface area contributed by atoms with E-state index in [1.807, 2.05) is 37.3 Å². The summed E-state index contributed by atoms with van der Waals surface area (Å²) in [4.78, 5) is 18.3. The van der Waals surface area contributed by atoms with Crippen LogP contribution in [-0.4, -0.2) is 35.9 Å². The number of urea groups is 1. The number of carbonyl (C=O) groups is 1. The van der Waals surface area contributed by atoms with Gasteiger partial charge in [-0.1, -0.05) is 42.5 Å². The van der Waals surface area contributed by atoms with Crippen LogP contribution < -0.4 is 10.6 Å². The normalized spacial score (nSPS) is 19.2. The molecule has 2 unspecified atom stereocenters. The van der Waals surface area contributed by atoms with Gasteiger partial charge in [-0.05, 0) is 73.5 Å². The molecule has 2 N–H and O–H groups in total. The van der Waals surface area contributed by atoms with Gasteiger partial charge in [0.05, 0.1) is 11.3 Å². The van der Waals surface area contributed by atoms with Crippen molar-refractivity contribution in [3.05, 3.63) is 114 Å². The van der Waals surface area contributed by atoms with Crippen LogP contribution in [0.15, 0.2) is 95.9 Å². The first-order chi connectivity index (χ1) is 21.3. The number of halogens is 4. The quantitative estimate of drug-likeness (QED) is 0.152. The average Bonchev–Trinajstić information content (AvgIpc) is 3.42. The van der Waals surface area contributed by atoms with E-state index in [0.29, 0.717) is 35.5 Å². The molecular formula is C33H33F4N4O3S+. The number of carbonyl (C=O) groups excluding carboxylic acids is 1. The van der Waals surface area contributed by atoms with Crippen molar-refractivity contribution in [3.8, 4) is 11.3 Å². The number of nitrogens with zero attached hydrogens (tertiary/aromatic N) is 2. The van der Waals surface area contributed by atoms with Crippen molar-refractivity contribution in [2.75, 3.05) is 11.9 Å². The summed E-state index contributed by atoms with van der Waals surface area (Å²) in [6.45, 7) is 3.62. The number of rotatable bonds is 8. The van der Waals surface area contributed by atoms with Gasteiger partial charge in [-0.25, -0.2) is 14.2 Å². The average molecular weight is 642 g/mol. The Morgan fingerprint density at radius 2 is 1.67 bits per heavy atom. The molecule has 45 heavy (non-hydrogen) atoms. The molecule has 4 aromatic rings. The first kappa shape index (κ1) is 32.1. The van der Waals surface area contributed by atoms with E-state index < -0.39 is 43.5 Å². The van der Waals surface area contributed by atoms with Gasteiger partial charge in [0, 0.05) is 31.0 Å². The number of anilines is 1. The second-order valence-corrected chi connectivity index (χ2v) is 13.3. The summed E-state index contributed by atoms with van der Waals surface area (Å²) in [5.41, 5.74) is 1.55. The van der Waals surface area contributed by atoms with E-state index >= 15 is 0 Å². The predicted octanol–water partition coefficient (Wildman–Crippen LogP) is 7.68. The molecule has 12 heteroatoms. The molecule has 0 spiro atoms. The van der Waals surface area contributed by atoms with E-state index in [1.165, 1.54) is 12.1 Å². The van der Waals surface area contributed by atoms with Crippen LogP contribution in [0.4, 0.5) is 28.2 Å². The van der Waals surface area contributed by atoms with Gasteiger partial charge in [-0.2, -0.15) is 21.6 Å². The topological polar surface area (TPSA) is 88.2 Å². The van der Waals surface area contributed by atoms with E-state index in [2.05, 4.69) is 15.6 Å². The second kappa shape index (κ2) is 12.6. The van der Waals surface area contributed by atoms with Crippen LogP contribution >= 0.6 is 0 Å². The highest BCUT2D eigenvalue weighted by molar-refractivity contribution is 7.86. The predicted molar refractivity (Wildman–Crippen MR) is 163 cm³/mol. The fourth-order valence-electron chi connectivity index (χ4n) is 5.71. The van der Waals surface area contributed by atoms with Gasteiger partial charge in [0.15, 0.2) is 0 Å². The lowest BCUT2D eigenvalue weighted by molar-refractivity contribution is -0.733. The minimum absolute atomic E-state index is 0.0568. The molecule has 3 aromatic carbocycles. The lowest BCUT2D eigenvalue weighted by Crippen LogP contribution is -2.62. The number of nitrogens with one attached hydrogen (secondary N) is 2. The Morgan fingerprint density at radius 3 is 2.27 bits per heavy atom. The zero-order valence-corrected chi connectivity index (χ0v) is 25.5. The highest BCUT2D eigenvalue weighted by atomic mass is 32.2. The maximum absolute atomic E-state index is 13.9. The third kappa shape index (κ3) is 6.57. The van der Waals surface area contributed by atoms with E-state index in [-0.39, 0.29) is 24.0 Å². The summed E-state index contributed by atoms with van der Waals surface area (Å²) in [5, 5.41) is 6.11. The maximum atomic E-state index is 13.9. The minimum atomic E-state index is -4.49. The highest BCUT2D eigenvalue weighted by Gasteiger charge is 2.56. The number of alkyl halides is 3. The monoisotopic (exact) mass is 641 g/mol. The molecule has 1 saturated heterocycles. The molecule has 5 rings (SSSR count). The van der Waals surface area contributed by atoms with Crippen LogP contribution in [0.3, 0.4) is 0 Å². The molecule has 3 atom stereocenters. The Hall–Kier alpha value is -4.29. The summed E-state index contributed by atoms with van der Waals surface area (Å²) < 4.78 is 80.1. The molecule has 0 aliphatic carbocycles. The third-order valence-electron chi connectivity index (χ3n) is 8.21. The van der Waals surface area contributed by atoms with Crippen LogP contribution in [0.2, 0.25) is 0 Å². The Bertz CT molecular complexity index is 1770. The zero-order chi connectivity index (χ0) is 32.4. The molecule has 7 nitrogen and oxygen atoms in total. The van der Waals surface area contributed by atoms with Gasteiger partial charge in [0.25, 0.3) is 0 Å². The molecule has 0 radical (unpaired) electrons. The molecular weight excluding hydrogens is 608 g/mol. The van der Waals surface area contributed by atoms with Gasteiger partial charge in [0.1, 0.15) is 29.1 Å². The molecule has 1 aromatic heterocycles. The summed E-state index contributed by atoms with van der Waals surface area (Å²) in [5.74, 6) is -0.169. The van der Waals surface area contributed by atoms with Crippen molar-refractivity contribution in [3.63, 3.8) is 0 Å². The van der Waals surface area contributed by atoms with Gasteiger partial charge in [-0.15, -0.1) is 3.89 Å². The number of hydrogen-bond donors (Lipinski definition) is 2. The second-order valence-electron chi connectivity index (χ2n) is 11.2. The van der Waals surface area contributed by atoms with Crippen molar-refractivity contribution in [1.82, 2.24) is 10.3 Å². The number of aromatic nitrogens is 1. The van der Waals surface area contributed by atoms with Crippen LogP contribution in [0.1, 0.15) is 49.4 Å². The number of likely N-dealkylation sites (tertiary alicyclic amines) is 1. The number of sulfonamides is 1. The fraction of sp³-hybridized carbons (Fsp3) is 0.273. The number of quaternary nitrogens is 1. The highest BCUT2D eigenvalue weighted by Crippen LogP contribution is 2.36. The summed E-state index contributed by atoms with van der Waals surface area (Å²) in [6.07, 6.45) is -3.48. The van der Waals surface area contributed by atoms with E-state index in [4.69, 9.17) is 0 Å². The molecule has 1 fully saturated rings. The largest absolute Gasteiger partial charge is 0.432 e.